The molecule has 22 heavy (non-hydrogen) atoms. The topological polar surface area (TPSA) is 76.0 Å². The Morgan fingerprint density at radius 1 is 1.14 bits per heavy atom. The van der Waals surface area contributed by atoms with Crippen molar-refractivity contribution in [3.63, 3.8) is 0 Å². The highest BCUT2D eigenvalue weighted by Gasteiger charge is 2.15. The third kappa shape index (κ3) is 3.85. The molecule has 2 aromatic rings. The van der Waals surface area contributed by atoms with Crippen molar-refractivity contribution in [1.82, 2.24) is 0 Å². The number of benzene rings is 2. The number of para-hydroxylation sites is 1. The van der Waals surface area contributed by atoms with Crippen LogP contribution in [0.15, 0.2) is 42.5 Å². The zero-order valence-electron chi connectivity index (χ0n) is 11.2. The van der Waals surface area contributed by atoms with Gasteiger partial charge in [0.15, 0.2) is 0 Å². The van der Waals surface area contributed by atoms with Crippen LogP contribution >= 0.6 is 0 Å². The molecule has 7 heteroatoms. The molecule has 0 aliphatic heterocycles. The Hall–Kier alpha value is -2.83. The average molecular weight is 310 g/mol. The van der Waals surface area contributed by atoms with E-state index in [2.05, 4.69) is 4.74 Å². The lowest BCUT2D eigenvalue weighted by molar-refractivity contribution is -0.0510. The van der Waals surface area contributed by atoms with Gasteiger partial charge in [-0.25, -0.2) is 4.79 Å². The van der Waals surface area contributed by atoms with Crippen molar-refractivity contribution in [3.05, 3.63) is 53.6 Å². The second kappa shape index (κ2) is 6.75. The summed E-state index contributed by atoms with van der Waals surface area (Å²) in [5, 5.41) is 18.7. The normalized spacial score (nSPS) is 10.5. The Morgan fingerprint density at radius 3 is 2.55 bits per heavy atom. The minimum atomic E-state index is -2.99. The van der Waals surface area contributed by atoms with Crippen LogP contribution in [-0.2, 0) is 11.3 Å². The quantitative estimate of drug-likeness (QED) is 0.830. The van der Waals surface area contributed by atoms with Gasteiger partial charge in [0.2, 0.25) is 0 Å². The van der Waals surface area contributed by atoms with Crippen molar-refractivity contribution in [3.8, 4) is 17.2 Å². The lowest BCUT2D eigenvalue weighted by atomic mass is 10.2. The highest BCUT2D eigenvalue weighted by atomic mass is 19.3. The molecule has 0 heterocycles. The number of phenols is 2. The van der Waals surface area contributed by atoms with Crippen LogP contribution in [0.1, 0.15) is 15.9 Å². The number of halogens is 2. The Labute approximate surface area is 124 Å². The highest BCUT2D eigenvalue weighted by molar-refractivity contribution is 5.92. The Kier molecular flexibility index (Phi) is 4.77. The van der Waals surface area contributed by atoms with Crippen LogP contribution in [0, 0.1) is 0 Å². The smallest absolute Gasteiger partial charge is 0.387 e. The number of hydrogen-bond acceptors (Lipinski definition) is 5. The van der Waals surface area contributed by atoms with Crippen molar-refractivity contribution < 1.29 is 33.3 Å². The number of carbonyl (C=O) groups excluding carboxylic acids is 1. The standard InChI is InChI=1S/C15H12F2O5/c16-15(17)22-13-4-2-1-3-9(13)8-21-14(20)11-6-5-10(18)7-12(11)19/h1-7,15,18-19H,8H2. The summed E-state index contributed by atoms with van der Waals surface area (Å²) in [6.45, 7) is -3.29. The van der Waals surface area contributed by atoms with E-state index >= 15 is 0 Å². The zero-order valence-corrected chi connectivity index (χ0v) is 11.2. The van der Waals surface area contributed by atoms with Crippen LogP contribution in [0.3, 0.4) is 0 Å². The molecule has 0 spiro atoms. The summed E-state index contributed by atoms with van der Waals surface area (Å²) in [6, 6.07) is 9.28. The lowest BCUT2D eigenvalue weighted by Crippen LogP contribution is -2.08. The van der Waals surface area contributed by atoms with Gasteiger partial charge in [0.25, 0.3) is 0 Å². The van der Waals surface area contributed by atoms with Crippen molar-refractivity contribution in [1.29, 1.82) is 0 Å². The fraction of sp³-hybridized carbons (Fsp3) is 0.133. The van der Waals surface area contributed by atoms with E-state index in [9.17, 15) is 18.7 Å². The van der Waals surface area contributed by atoms with E-state index < -0.39 is 18.3 Å². The molecular weight excluding hydrogens is 298 g/mol. The van der Waals surface area contributed by atoms with E-state index in [1.807, 2.05) is 0 Å². The SMILES string of the molecule is O=C(OCc1ccccc1OC(F)F)c1ccc(O)cc1O. The van der Waals surface area contributed by atoms with Gasteiger partial charge in [-0.05, 0) is 18.2 Å². The third-order valence-corrected chi connectivity index (χ3v) is 2.75. The number of alkyl halides is 2. The molecule has 0 aliphatic carbocycles. The van der Waals surface area contributed by atoms with E-state index in [1.54, 1.807) is 6.07 Å². The summed E-state index contributed by atoms with van der Waals surface area (Å²) in [4.78, 5) is 11.8. The van der Waals surface area contributed by atoms with Crippen LogP contribution in [0.4, 0.5) is 8.78 Å². The van der Waals surface area contributed by atoms with E-state index in [1.165, 1.54) is 30.3 Å². The molecule has 2 N–H and O–H groups in total. The Balaban J connectivity index is 2.08. The first-order valence-electron chi connectivity index (χ1n) is 6.19. The minimum absolute atomic E-state index is 0.0970. The van der Waals surface area contributed by atoms with E-state index in [0.29, 0.717) is 0 Å². The summed E-state index contributed by atoms with van der Waals surface area (Å²) < 4.78 is 33.8. The second-order valence-corrected chi connectivity index (χ2v) is 4.26. The highest BCUT2D eigenvalue weighted by Crippen LogP contribution is 2.25. The monoisotopic (exact) mass is 310 g/mol. The fourth-order valence-corrected chi connectivity index (χ4v) is 1.75. The first-order chi connectivity index (χ1) is 10.5. The number of rotatable bonds is 5. The first-order valence-corrected chi connectivity index (χ1v) is 6.19. The predicted octanol–water partition coefficient (Wildman–Crippen LogP) is 3.06. The van der Waals surface area contributed by atoms with Crippen molar-refractivity contribution in [2.24, 2.45) is 0 Å². The summed E-state index contributed by atoms with van der Waals surface area (Å²) in [5.74, 6) is -1.60. The molecule has 0 aliphatic rings. The van der Waals surface area contributed by atoms with Crippen LogP contribution in [-0.4, -0.2) is 22.8 Å². The molecule has 0 saturated heterocycles. The van der Waals surface area contributed by atoms with Gasteiger partial charge in [0.05, 0.1) is 0 Å². The second-order valence-electron chi connectivity index (χ2n) is 4.26. The van der Waals surface area contributed by atoms with Crippen molar-refractivity contribution >= 4 is 5.97 Å². The molecule has 0 fully saturated rings. The molecule has 0 amide bonds. The minimum Gasteiger partial charge on any atom is -0.508 e. The van der Waals surface area contributed by atoms with Crippen LogP contribution in [0.25, 0.3) is 0 Å². The largest absolute Gasteiger partial charge is 0.508 e. The molecule has 0 atom stereocenters. The molecule has 0 unspecified atom stereocenters. The molecular formula is C15H12F2O5. The number of aromatic hydroxyl groups is 2. The molecule has 0 bridgehead atoms. The summed E-state index contributed by atoms with van der Waals surface area (Å²) in [7, 11) is 0. The van der Waals surface area contributed by atoms with Crippen molar-refractivity contribution in [2.75, 3.05) is 0 Å². The van der Waals surface area contributed by atoms with Gasteiger partial charge in [-0.15, -0.1) is 0 Å². The summed E-state index contributed by atoms with van der Waals surface area (Å²) in [5.41, 5.74) is 0.111. The van der Waals surface area contributed by atoms with Gasteiger partial charge >= 0.3 is 12.6 Å². The maximum atomic E-state index is 12.3. The Bertz CT molecular complexity index is 673. The molecule has 116 valence electrons. The first kappa shape index (κ1) is 15.6. The third-order valence-electron chi connectivity index (χ3n) is 2.75. The van der Waals surface area contributed by atoms with Gasteiger partial charge in [0, 0.05) is 11.6 Å². The maximum absolute atomic E-state index is 12.3. The van der Waals surface area contributed by atoms with E-state index in [4.69, 9.17) is 9.84 Å². The summed E-state index contributed by atoms with van der Waals surface area (Å²) >= 11 is 0. The molecule has 5 nitrogen and oxygen atoms in total. The number of hydrogen-bond donors (Lipinski definition) is 2. The van der Waals surface area contributed by atoms with Crippen LogP contribution in [0.2, 0.25) is 0 Å². The number of esters is 1. The molecule has 0 aromatic heterocycles. The maximum Gasteiger partial charge on any atom is 0.387 e. The number of phenolic OH excluding ortho intramolecular Hbond substituents is 2. The number of ether oxygens (including phenoxy) is 2. The molecule has 2 aromatic carbocycles. The van der Waals surface area contributed by atoms with Gasteiger partial charge in [-0.3, -0.25) is 0 Å². The van der Waals surface area contributed by atoms with Crippen molar-refractivity contribution in [2.45, 2.75) is 13.2 Å². The molecule has 2 rings (SSSR count). The van der Waals surface area contributed by atoms with Gasteiger partial charge < -0.3 is 19.7 Å². The number of carbonyl (C=O) groups is 1. The lowest BCUT2D eigenvalue weighted by Gasteiger charge is -2.11. The van der Waals surface area contributed by atoms with Gasteiger partial charge in [-0.1, -0.05) is 18.2 Å². The molecule has 0 radical (unpaired) electrons. The van der Waals surface area contributed by atoms with Gasteiger partial charge in [0.1, 0.15) is 29.4 Å². The average Bonchev–Trinajstić information content (AvgIpc) is 2.45. The zero-order chi connectivity index (χ0) is 16.1. The van der Waals surface area contributed by atoms with E-state index in [-0.39, 0.29) is 29.2 Å². The fourth-order valence-electron chi connectivity index (χ4n) is 1.75. The molecule has 0 saturated carbocycles. The van der Waals surface area contributed by atoms with E-state index in [0.717, 1.165) is 6.07 Å². The summed E-state index contributed by atoms with van der Waals surface area (Å²) in [6.07, 6.45) is 0. The Morgan fingerprint density at radius 2 is 1.86 bits per heavy atom. The van der Waals surface area contributed by atoms with Crippen LogP contribution < -0.4 is 4.74 Å². The van der Waals surface area contributed by atoms with Gasteiger partial charge in [-0.2, -0.15) is 8.78 Å². The van der Waals surface area contributed by atoms with Crippen LogP contribution in [0.5, 0.6) is 17.2 Å². The predicted molar refractivity (Wildman–Crippen MR) is 72.0 cm³/mol.